The molecule has 2 aromatic carbocycles. The Morgan fingerprint density at radius 1 is 1.04 bits per heavy atom. The molecule has 0 fully saturated rings. The summed E-state index contributed by atoms with van der Waals surface area (Å²) in [6.07, 6.45) is 0. The average Bonchev–Trinajstić information content (AvgIpc) is 2.64. The Morgan fingerprint density at radius 2 is 1.80 bits per heavy atom. The van der Waals surface area contributed by atoms with Gasteiger partial charge in [0.1, 0.15) is 23.9 Å². The van der Waals surface area contributed by atoms with Crippen molar-refractivity contribution in [3.63, 3.8) is 0 Å². The van der Waals surface area contributed by atoms with E-state index in [-0.39, 0.29) is 5.91 Å². The zero-order chi connectivity index (χ0) is 18.2. The van der Waals surface area contributed by atoms with Crippen LogP contribution in [0.1, 0.15) is 29.8 Å². The molecule has 0 heterocycles. The number of benzene rings is 2. The maximum Gasteiger partial charge on any atom is 0.251 e. The van der Waals surface area contributed by atoms with Crippen LogP contribution in [-0.4, -0.2) is 26.7 Å². The fraction of sp³-hybridized carbons (Fsp3) is 0.350. The van der Waals surface area contributed by atoms with E-state index in [4.69, 9.17) is 14.2 Å². The first-order valence-corrected chi connectivity index (χ1v) is 8.25. The summed E-state index contributed by atoms with van der Waals surface area (Å²) >= 11 is 0. The number of hydrogen-bond acceptors (Lipinski definition) is 4. The van der Waals surface area contributed by atoms with E-state index in [1.165, 1.54) is 0 Å². The molecule has 0 spiro atoms. The monoisotopic (exact) mass is 343 g/mol. The highest BCUT2D eigenvalue weighted by atomic mass is 16.5. The number of carbonyl (C=O) groups excluding carboxylic acids is 1. The van der Waals surface area contributed by atoms with Crippen molar-refractivity contribution in [2.75, 3.05) is 20.8 Å². The van der Waals surface area contributed by atoms with Gasteiger partial charge in [-0.05, 0) is 36.2 Å². The molecule has 0 saturated carbocycles. The molecule has 134 valence electrons. The molecule has 0 aromatic heterocycles. The molecule has 0 radical (unpaired) electrons. The Bertz CT molecular complexity index is 713. The molecule has 2 rings (SSSR count). The summed E-state index contributed by atoms with van der Waals surface area (Å²) in [6, 6.07) is 12.7. The van der Waals surface area contributed by atoms with E-state index in [0.717, 1.165) is 11.3 Å². The van der Waals surface area contributed by atoms with E-state index in [1.807, 2.05) is 24.3 Å². The van der Waals surface area contributed by atoms with E-state index in [0.29, 0.717) is 36.1 Å². The number of nitrogens with one attached hydrogen (secondary N) is 1. The number of methoxy groups -OCH3 is 2. The van der Waals surface area contributed by atoms with Crippen molar-refractivity contribution < 1.29 is 19.0 Å². The minimum atomic E-state index is -0.0982. The molecule has 0 aliphatic rings. The fourth-order valence-electron chi connectivity index (χ4n) is 2.28. The normalized spacial score (nSPS) is 10.4. The highest BCUT2D eigenvalue weighted by Gasteiger charge is 2.11. The number of hydrogen-bond donors (Lipinski definition) is 1. The van der Waals surface area contributed by atoms with Gasteiger partial charge in [0.15, 0.2) is 0 Å². The predicted molar refractivity (Wildman–Crippen MR) is 97.5 cm³/mol. The van der Waals surface area contributed by atoms with Crippen LogP contribution in [0.2, 0.25) is 0 Å². The molecule has 25 heavy (non-hydrogen) atoms. The van der Waals surface area contributed by atoms with Gasteiger partial charge in [-0.1, -0.05) is 19.9 Å². The van der Waals surface area contributed by atoms with Crippen molar-refractivity contribution in [1.29, 1.82) is 0 Å². The van der Waals surface area contributed by atoms with Crippen LogP contribution in [0, 0.1) is 5.92 Å². The highest BCUT2D eigenvalue weighted by molar-refractivity contribution is 5.94. The Labute approximate surface area is 148 Å². The highest BCUT2D eigenvalue weighted by Crippen LogP contribution is 2.24. The minimum absolute atomic E-state index is 0.0982. The van der Waals surface area contributed by atoms with Gasteiger partial charge in [-0.2, -0.15) is 0 Å². The summed E-state index contributed by atoms with van der Waals surface area (Å²) in [7, 11) is 3.21. The van der Waals surface area contributed by atoms with Crippen LogP contribution in [0.15, 0.2) is 42.5 Å². The first-order valence-electron chi connectivity index (χ1n) is 8.25. The van der Waals surface area contributed by atoms with Crippen molar-refractivity contribution in [3.05, 3.63) is 53.6 Å². The van der Waals surface area contributed by atoms with E-state index in [1.54, 1.807) is 32.4 Å². The maximum absolute atomic E-state index is 12.2. The topological polar surface area (TPSA) is 56.8 Å². The Balaban J connectivity index is 2.12. The molecule has 0 atom stereocenters. The van der Waals surface area contributed by atoms with E-state index < -0.39 is 0 Å². The van der Waals surface area contributed by atoms with Gasteiger partial charge in [-0.3, -0.25) is 4.79 Å². The molecule has 0 aliphatic carbocycles. The van der Waals surface area contributed by atoms with Crippen molar-refractivity contribution in [2.24, 2.45) is 5.92 Å². The molecule has 0 unspecified atom stereocenters. The second-order valence-electron chi connectivity index (χ2n) is 6.10. The summed E-state index contributed by atoms with van der Waals surface area (Å²) < 4.78 is 16.4. The average molecular weight is 343 g/mol. The van der Waals surface area contributed by atoms with Gasteiger partial charge in [0, 0.05) is 23.7 Å². The lowest BCUT2D eigenvalue weighted by atomic mass is 10.1. The quantitative estimate of drug-likeness (QED) is 0.794. The second-order valence-corrected chi connectivity index (χ2v) is 6.10. The van der Waals surface area contributed by atoms with Crippen molar-refractivity contribution in [1.82, 2.24) is 5.32 Å². The third-order valence-electron chi connectivity index (χ3n) is 3.65. The Kier molecular flexibility index (Phi) is 6.69. The van der Waals surface area contributed by atoms with Crippen LogP contribution < -0.4 is 19.5 Å². The van der Waals surface area contributed by atoms with Gasteiger partial charge in [-0.15, -0.1) is 0 Å². The Morgan fingerprint density at radius 3 is 2.48 bits per heavy atom. The van der Waals surface area contributed by atoms with Crippen LogP contribution in [0.5, 0.6) is 17.2 Å². The van der Waals surface area contributed by atoms with E-state index in [2.05, 4.69) is 19.2 Å². The third kappa shape index (κ3) is 5.41. The molecule has 0 aliphatic heterocycles. The van der Waals surface area contributed by atoms with Gasteiger partial charge >= 0.3 is 0 Å². The lowest BCUT2D eigenvalue weighted by molar-refractivity contribution is 0.0949. The summed E-state index contributed by atoms with van der Waals surface area (Å²) in [4.78, 5) is 12.2. The predicted octanol–water partition coefficient (Wildman–Crippen LogP) is 3.67. The lowest BCUT2D eigenvalue weighted by Crippen LogP contribution is -2.27. The number of rotatable bonds is 8. The molecule has 0 bridgehead atoms. The van der Waals surface area contributed by atoms with E-state index >= 15 is 0 Å². The van der Waals surface area contributed by atoms with Gasteiger partial charge in [0.05, 0.1) is 14.2 Å². The second kappa shape index (κ2) is 8.97. The first-order chi connectivity index (χ1) is 12.0. The van der Waals surface area contributed by atoms with Crippen molar-refractivity contribution in [3.8, 4) is 17.2 Å². The zero-order valence-electron chi connectivity index (χ0n) is 15.2. The van der Waals surface area contributed by atoms with Crippen LogP contribution >= 0.6 is 0 Å². The first kappa shape index (κ1) is 18.6. The van der Waals surface area contributed by atoms with Gasteiger partial charge in [0.25, 0.3) is 5.91 Å². The van der Waals surface area contributed by atoms with Crippen molar-refractivity contribution >= 4 is 5.91 Å². The molecule has 1 N–H and O–H groups in total. The summed E-state index contributed by atoms with van der Waals surface area (Å²) in [5.74, 6) is 2.41. The smallest absolute Gasteiger partial charge is 0.251 e. The summed E-state index contributed by atoms with van der Waals surface area (Å²) in [5.41, 5.74) is 1.40. The zero-order valence-corrected chi connectivity index (χ0v) is 15.2. The molecular formula is C20H25NO4. The largest absolute Gasteiger partial charge is 0.497 e. The molecule has 5 nitrogen and oxygen atoms in total. The lowest BCUT2D eigenvalue weighted by Gasteiger charge is -2.13. The van der Waals surface area contributed by atoms with Gasteiger partial charge in [-0.25, -0.2) is 0 Å². The van der Waals surface area contributed by atoms with Crippen molar-refractivity contribution in [2.45, 2.75) is 20.5 Å². The number of carbonyl (C=O) groups is 1. The SMILES string of the molecule is COc1cccc(OCc2cc(C(=O)NCC(C)C)ccc2OC)c1. The number of ether oxygens (including phenoxy) is 3. The maximum atomic E-state index is 12.2. The minimum Gasteiger partial charge on any atom is -0.497 e. The van der Waals surface area contributed by atoms with Gasteiger partial charge in [0.2, 0.25) is 0 Å². The van der Waals surface area contributed by atoms with Crippen LogP contribution in [0.4, 0.5) is 0 Å². The van der Waals surface area contributed by atoms with E-state index in [9.17, 15) is 4.79 Å². The molecule has 2 aromatic rings. The summed E-state index contributed by atoms with van der Waals surface area (Å²) in [6.45, 7) is 5.05. The standard InChI is InChI=1S/C20H25NO4/c1-14(2)12-21-20(22)15-8-9-19(24-4)16(10-15)13-25-18-7-5-6-17(11-18)23-3/h5-11,14H,12-13H2,1-4H3,(H,21,22). The number of amides is 1. The van der Waals surface area contributed by atoms with Crippen LogP contribution in [-0.2, 0) is 6.61 Å². The summed E-state index contributed by atoms with van der Waals surface area (Å²) in [5, 5.41) is 2.91. The fourth-order valence-corrected chi connectivity index (χ4v) is 2.28. The Hall–Kier alpha value is -2.69. The third-order valence-corrected chi connectivity index (χ3v) is 3.65. The van der Waals surface area contributed by atoms with Crippen LogP contribution in [0.3, 0.4) is 0 Å². The molecule has 5 heteroatoms. The van der Waals surface area contributed by atoms with Crippen LogP contribution in [0.25, 0.3) is 0 Å². The van der Waals surface area contributed by atoms with Gasteiger partial charge < -0.3 is 19.5 Å². The molecule has 0 saturated heterocycles. The molecular weight excluding hydrogens is 318 g/mol. The molecule has 1 amide bonds.